The predicted octanol–water partition coefficient (Wildman–Crippen LogP) is 4.83. The zero-order valence-electron chi connectivity index (χ0n) is 19.0. The first-order chi connectivity index (χ1) is 17.2. The number of halogens is 4. The number of rotatable bonds is 8. The standard InChI is InChI=1S/C22H22F4N6O3S/c1-34-18(15-11-14(8-9-16(15)23)35-22(24,25)26)19(33)29-21-32-31-20(36-21)28-13-6-4-12(5-7-13)17-3-2-10-27-30-17/h2-3,8-13,18H,4-7H2,1H3,(H,28,31)(H,29,32,33). The maximum absolute atomic E-state index is 14.3. The Bertz CT molecular complexity index is 1170. The smallest absolute Gasteiger partial charge is 0.406 e. The maximum atomic E-state index is 14.3. The average molecular weight is 527 g/mol. The minimum Gasteiger partial charge on any atom is -0.406 e. The van der Waals surface area contributed by atoms with Crippen LogP contribution < -0.4 is 15.4 Å². The average Bonchev–Trinajstić information content (AvgIpc) is 3.28. The second kappa shape index (κ2) is 11.1. The van der Waals surface area contributed by atoms with Gasteiger partial charge >= 0.3 is 6.36 Å². The molecule has 1 saturated carbocycles. The molecule has 0 spiro atoms. The quantitative estimate of drug-likeness (QED) is 0.402. The Hall–Kier alpha value is -3.39. The van der Waals surface area contributed by atoms with Crippen molar-refractivity contribution in [3.8, 4) is 5.75 Å². The number of aromatic nitrogens is 4. The topological polar surface area (TPSA) is 111 Å². The minimum atomic E-state index is -4.97. The lowest BCUT2D eigenvalue weighted by Gasteiger charge is -2.28. The maximum Gasteiger partial charge on any atom is 0.573 e. The third-order valence-electron chi connectivity index (χ3n) is 5.68. The molecule has 0 aliphatic heterocycles. The van der Waals surface area contributed by atoms with Crippen LogP contribution >= 0.6 is 11.3 Å². The molecule has 2 aromatic heterocycles. The predicted molar refractivity (Wildman–Crippen MR) is 122 cm³/mol. The first-order valence-electron chi connectivity index (χ1n) is 11.0. The molecule has 192 valence electrons. The number of benzene rings is 1. The van der Waals surface area contributed by atoms with E-state index in [9.17, 15) is 22.4 Å². The highest BCUT2D eigenvalue weighted by atomic mass is 32.1. The van der Waals surface area contributed by atoms with Crippen LogP contribution in [0.3, 0.4) is 0 Å². The summed E-state index contributed by atoms with van der Waals surface area (Å²) in [6.45, 7) is 0. The summed E-state index contributed by atoms with van der Waals surface area (Å²) >= 11 is 1.08. The number of amides is 1. The highest BCUT2D eigenvalue weighted by Gasteiger charge is 2.32. The van der Waals surface area contributed by atoms with Gasteiger partial charge in [-0.1, -0.05) is 11.3 Å². The monoisotopic (exact) mass is 526 g/mol. The summed E-state index contributed by atoms with van der Waals surface area (Å²) in [4.78, 5) is 12.7. The number of hydrogen-bond donors (Lipinski definition) is 2. The van der Waals surface area contributed by atoms with E-state index in [1.807, 2.05) is 12.1 Å². The van der Waals surface area contributed by atoms with Gasteiger partial charge in [0.1, 0.15) is 11.6 Å². The van der Waals surface area contributed by atoms with Crippen LogP contribution in [0.15, 0.2) is 36.5 Å². The van der Waals surface area contributed by atoms with Gasteiger partial charge < -0.3 is 14.8 Å². The van der Waals surface area contributed by atoms with Gasteiger partial charge in [0.2, 0.25) is 10.3 Å². The number of ether oxygens (including phenoxy) is 2. The van der Waals surface area contributed by atoms with Crippen LogP contribution in [0.1, 0.15) is 49.0 Å². The lowest BCUT2D eigenvalue weighted by atomic mass is 9.84. The van der Waals surface area contributed by atoms with Gasteiger partial charge in [-0.25, -0.2) is 4.39 Å². The number of anilines is 2. The molecule has 9 nitrogen and oxygen atoms in total. The second-order valence-electron chi connectivity index (χ2n) is 8.09. The van der Waals surface area contributed by atoms with E-state index in [-0.39, 0.29) is 11.2 Å². The molecule has 0 saturated heterocycles. The number of hydrogen-bond acceptors (Lipinski definition) is 9. The van der Waals surface area contributed by atoms with Crippen molar-refractivity contribution in [2.75, 3.05) is 17.7 Å². The molecular weight excluding hydrogens is 504 g/mol. The first-order valence-corrected chi connectivity index (χ1v) is 11.8. The molecule has 0 bridgehead atoms. The number of nitrogens with one attached hydrogen (secondary N) is 2. The lowest BCUT2D eigenvalue weighted by molar-refractivity contribution is -0.274. The Balaban J connectivity index is 1.35. The van der Waals surface area contributed by atoms with Crippen molar-refractivity contribution in [3.05, 3.63) is 53.6 Å². The summed E-state index contributed by atoms with van der Waals surface area (Å²) in [5, 5.41) is 22.5. The number of alkyl halides is 3. The third kappa shape index (κ3) is 6.63. The van der Waals surface area contributed by atoms with E-state index in [4.69, 9.17) is 4.74 Å². The molecule has 2 heterocycles. The van der Waals surface area contributed by atoms with Crippen molar-refractivity contribution in [1.29, 1.82) is 0 Å². The van der Waals surface area contributed by atoms with Gasteiger partial charge in [-0.15, -0.1) is 23.4 Å². The Kier molecular flexibility index (Phi) is 7.94. The lowest BCUT2D eigenvalue weighted by Crippen LogP contribution is -2.25. The molecule has 4 rings (SSSR count). The fraction of sp³-hybridized carbons (Fsp3) is 0.409. The van der Waals surface area contributed by atoms with Gasteiger partial charge in [-0.3, -0.25) is 10.1 Å². The molecule has 3 aromatic rings. The van der Waals surface area contributed by atoms with Crippen molar-refractivity contribution < 1.29 is 31.8 Å². The van der Waals surface area contributed by atoms with Crippen molar-refractivity contribution >= 4 is 27.5 Å². The summed E-state index contributed by atoms with van der Waals surface area (Å²) < 4.78 is 60.7. The Morgan fingerprint density at radius 3 is 2.53 bits per heavy atom. The molecule has 1 aromatic carbocycles. The SMILES string of the molecule is COC(C(=O)Nc1nnc(NC2CCC(c3cccnn3)CC2)s1)c1cc(OC(F)(F)F)ccc1F. The van der Waals surface area contributed by atoms with E-state index in [0.29, 0.717) is 11.0 Å². The zero-order chi connectivity index (χ0) is 25.7. The summed E-state index contributed by atoms with van der Waals surface area (Å²) in [7, 11) is 1.13. The zero-order valence-corrected chi connectivity index (χ0v) is 19.8. The van der Waals surface area contributed by atoms with E-state index >= 15 is 0 Å². The van der Waals surface area contributed by atoms with Crippen molar-refractivity contribution in [1.82, 2.24) is 20.4 Å². The van der Waals surface area contributed by atoms with Crippen LogP contribution in [-0.2, 0) is 9.53 Å². The molecule has 14 heteroatoms. The molecule has 1 atom stereocenters. The number of nitrogens with zero attached hydrogens (tertiary/aromatic N) is 4. The number of methoxy groups -OCH3 is 1. The normalized spacial score (nSPS) is 18.9. The Labute approximate surface area is 207 Å². The summed E-state index contributed by atoms with van der Waals surface area (Å²) in [5.41, 5.74) is 0.566. The third-order valence-corrected chi connectivity index (χ3v) is 6.45. The van der Waals surface area contributed by atoms with E-state index in [0.717, 1.165) is 68.0 Å². The molecule has 1 amide bonds. The van der Waals surface area contributed by atoms with Gasteiger partial charge in [0, 0.05) is 30.8 Å². The molecule has 1 fully saturated rings. The van der Waals surface area contributed by atoms with Gasteiger partial charge in [0.15, 0.2) is 6.10 Å². The van der Waals surface area contributed by atoms with Gasteiger partial charge in [-0.05, 0) is 56.0 Å². The van der Waals surface area contributed by atoms with Crippen LogP contribution in [0.2, 0.25) is 0 Å². The minimum absolute atomic E-state index is 0.126. The fourth-order valence-electron chi connectivity index (χ4n) is 4.04. The second-order valence-corrected chi connectivity index (χ2v) is 9.07. The van der Waals surface area contributed by atoms with Gasteiger partial charge in [-0.2, -0.15) is 10.2 Å². The van der Waals surface area contributed by atoms with E-state index in [2.05, 4.69) is 35.8 Å². The highest BCUT2D eigenvalue weighted by Crippen LogP contribution is 2.34. The van der Waals surface area contributed by atoms with E-state index in [1.165, 1.54) is 0 Å². The van der Waals surface area contributed by atoms with Crippen molar-refractivity contribution in [3.63, 3.8) is 0 Å². The summed E-state index contributed by atoms with van der Waals surface area (Å²) in [6, 6.07) is 6.36. The Morgan fingerprint density at radius 1 is 1.11 bits per heavy atom. The van der Waals surface area contributed by atoms with Crippen LogP contribution in [0.25, 0.3) is 0 Å². The van der Waals surface area contributed by atoms with Gasteiger partial charge in [0.05, 0.1) is 5.69 Å². The number of carbonyl (C=O) groups excluding carboxylic acids is 1. The van der Waals surface area contributed by atoms with E-state index < -0.39 is 35.5 Å². The summed E-state index contributed by atoms with van der Waals surface area (Å²) in [5.74, 6) is -2.08. The van der Waals surface area contributed by atoms with Crippen LogP contribution in [0, 0.1) is 5.82 Å². The highest BCUT2D eigenvalue weighted by molar-refractivity contribution is 7.19. The molecular formula is C22H22F4N6O3S. The molecule has 36 heavy (non-hydrogen) atoms. The molecule has 1 unspecified atom stereocenters. The van der Waals surface area contributed by atoms with Crippen molar-refractivity contribution in [2.45, 2.75) is 50.1 Å². The van der Waals surface area contributed by atoms with Gasteiger partial charge in [0.25, 0.3) is 5.91 Å². The van der Waals surface area contributed by atoms with E-state index in [1.54, 1.807) is 6.20 Å². The fourth-order valence-corrected chi connectivity index (χ4v) is 4.76. The molecule has 1 aliphatic carbocycles. The largest absolute Gasteiger partial charge is 0.573 e. The molecule has 2 N–H and O–H groups in total. The molecule has 1 aliphatic rings. The Morgan fingerprint density at radius 2 is 1.86 bits per heavy atom. The number of carbonyl (C=O) groups is 1. The van der Waals surface area contributed by atoms with Crippen LogP contribution in [0.5, 0.6) is 5.75 Å². The van der Waals surface area contributed by atoms with Crippen molar-refractivity contribution in [2.24, 2.45) is 0 Å². The van der Waals surface area contributed by atoms with Crippen LogP contribution in [0.4, 0.5) is 27.8 Å². The first kappa shape index (κ1) is 25.7. The van der Waals surface area contributed by atoms with Crippen LogP contribution in [-0.4, -0.2) is 45.8 Å². The molecule has 0 radical (unpaired) electrons. The summed E-state index contributed by atoms with van der Waals surface area (Å²) in [6.07, 6.45) is -1.20.